The van der Waals surface area contributed by atoms with Gasteiger partial charge < -0.3 is 9.84 Å². The van der Waals surface area contributed by atoms with Gasteiger partial charge in [0.1, 0.15) is 5.75 Å². The molecule has 0 spiro atoms. The first-order valence-corrected chi connectivity index (χ1v) is 7.23. The maximum Gasteiger partial charge on any atom is 0.118 e. The molecule has 2 heterocycles. The van der Waals surface area contributed by atoms with E-state index in [4.69, 9.17) is 4.74 Å². The summed E-state index contributed by atoms with van der Waals surface area (Å²) in [5.74, 6) is 0.886. The van der Waals surface area contributed by atoms with E-state index in [1.807, 2.05) is 22.9 Å². The molecule has 5 nitrogen and oxygen atoms in total. The van der Waals surface area contributed by atoms with Crippen LogP contribution >= 0.6 is 0 Å². The Balaban J connectivity index is 1.72. The summed E-state index contributed by atoms with van der Waals surface area (Å²) < 4.78 is 7.23. The van der Waals surface area contributed by atoms with Crippen LogP contribution in [0, 0.1) is 0 Å². The van der Waals surface area contributed by atoms with E-state index in [2.05, 4.69) is 29.1 Å². The van der Waals surface area contributed by atoms with Gasteiger partial charge in [-0.25, -0.2) is 0 Å². The Kier molecular flexibility index (Phi) is 3.94. The van der Waals surface area contributed by atoms with Gasteiger partial charge in [0, 0.05) is 19.6 Å². The Morgan fingerprint density at radius 2 is 2.10 bits per heavy atom. The number of hydrogen-bond acceptors (Lipinski definition) is 4. The van der Waals surface area contributed by atoms with Crippen LogP contribution in [0.2, 0.25) is 0 Å². The van der Waals surface area contributed by atoms with Crippen LogP contribution in [0.1, 0.15) is 29.9 Å². The zero-order chi connectivity index (χ0) is 14.8. The second-order valence-electron chi connectivity index (χ2n) is 5.60. The Morgan fingerprint density at radius 1 is 1.33 bits per heavy atom. The first kappa shape index (κ1) is 14.1. The molecule has 1 aliphatic rings. The van der Waals surface area contributed by atoms with Crippen molar-refractivity contribution in [2.45, 2.75) is 32.7 Å². The van der Waals surface area contributed by atoms with E-state index in [9.17, 15) is 5.11 Å². The number of aliphatic hydroxyl groups is 1. The lowest BCUT2D eigenvalue weighted by atomic mass is 10.1. The first-order valence-electron chi connectivity index (χ1n) is 7.23. The molecule has 1 aliphatic heterocycles. The summed E-state index contributed by atoms with van der Waals surface area (Å²) >= 11 is 0. The molecule has 5 heteroatoms. The molecule has 1 aromatic carbocycles. The zero-order valence-electron chi connectivity index (χ0n) is 12.5. The number of rotatable bonds is 4. The number of ether oxygens (including phenoxy) is 1. The van der Waals surface area contributed by atoms with E-state index in [1.54, 1.807) is 7.11 Å². The van der Waals surface area contributed by atoms with Crippen molar-refractivity contribution in [2.24, 2.45) is 0 Å². The van der Waals surface area contributed by atoms with Crippen LogP contribution in [-0.4, -0.2) is 33.4 Å². The molecule has 112 valence electrons. The van der Waals surface area contributed by atoms with Gasteiger partial charge in [0.05, 0.1) is 31.1 Å². The lowest BCUT2D eigenvalue weighted by Crippen LogP contribution is -2.36. The van der Waals surface area contributed by atoms with Gasteiger partial charge in [-0.05, 0) is 30.7 Å². The number of hydrogen-bond donors (Lipinski definition) is 1. The highest BCUT2D eigenvalue weighted by Crippen LogP contribution is 2.23. The van der Waals surface area contributed by atoms with Crippen LogP contribution in [-0.2, 0) is 19.7 Å². The monoisotopic (exact) mass is 287 g/mol. The Hall–Kier alpha value is -1.85. The lowest BCUT2D eigenvalue weighted by molar-refractivity contribution is 0.174. The van der Waals surface area contributed by atoms with Gasteiger partial charge >= 0.3 is 0 Å². The summed E-state index contributed by atoms with van der Waals surface area (Å²) in [6, 6.07) is 10.5. The summed E-state index contributed by atoms with van der Waals surface area (Å²) in [5, 5.41) is 13.7. The van der Waals surface area contributed by atoms with E-state index in [1.165, 1.54) is 11.3 Å². The number of aliphatic hydroxyl groups excluding tert-OH is 1. The van der Waals surface area contributed by atoms with Crippen LogP contribution in [0.4, 0.5) is 0 Å². The molecule has 1 unspecified atom stereocenters. The standard InChI is InChI=1S/C16H21N3O2/c1-12-8-18(9-13-3-5-16(21-2)6-4-13)10-15-7-14(11-20)17-19(12)15/h3-7,12,20H,8-11H2,1-2H3. The molecule has 0 radical (unpaired) electrons. The van der Waals surface area contributed by atoms with E-state index in [0.717, 1.165) is 31.1 Å². The molecular weight excluding hydrogens is 266 g/mol. The minimum Gasteiger partial charge on any atom is -0.497 e. The summed E-state index contributed by atoms with van der Waals surface area (Å²) in [5.41, 5.74) is 3.20. The van der Waals surface area contributed by atoms with Crippen LogP contribution < -0.4 is 4.74 Å². The van der Waals surface area contributed by atoms with Crippen molar-refractivity contribution in [2.75, 3.05) is 13.7 Å². The average molecular weight is 287 g/mol. The predicted octanol–water partition coefficient (Wildman–Crippen LogP) is 1.96. The second-order valence-corrected chi connectivity index (χ2v) is 5.60. The third kappa shape index (κ3) is 2.94. The molecule has 0 bridgehead atoms. The van der Waals surface area contributed by atoms with Crippen molar-refractivity contribution in [3.05, 3.63) is 47.3 Å². The third-order valence-electron chi connectivity index (χ3n) is 3.92. The van der Waals surface area contributed by atoms with Gasteiger partial charge in [0.2, 0.25) is 0 Å². The van der Waals surface area contributed by atoms with Crippen molar-refractivity contribution in [3.63, 3.8) is 0 Å². The molecule has 3 rings (SSSR count). The van der Waals surface area contributed by atoms with E-state index in [0.29, 0.717) is 6.04 Å². The SMILES string of the molecule is COc1ccc(CN2Cc3cc(CO)nn3C(C)C2)cc1. The smallest absolute Gasteiger partial charge is 0.118 e. The van der Waals surface area contributed by atoms with Gasteiger partial charge in [-0.3, -0.25) is 9.58 Å². The van der Waals surface area contributed by atoms with Crippen LogP contribution in [0.25, 0.3) is 0 Å². The Morgan fingerprint density at radius 3 is 2.76 bits per heavy atom. The topological polar surface area (TPSA) is 50.5 Å². The molecule has 0 saturated heterocycles. The summed E-state index contributed by atoms with van der Waals surface area (Å²) in [7, 11) is 1.68. The maximum absolute atomic E-state index is 9.22. The molecule has 0 amide bonds. The number of nitrogens with zero attached hydrogens (tertiary/aromatic N) is 3. The number of methoxy groups -OCH3 is 1. The lowest BCUT2D eigenvalue weighted by Gasteiger charge is -2.32. The fraction of sp³-hybridized carbons (Fsp3) is 0.438. The van der Waals surface area contributed by atoms with E-state index < -0.39 is 0 Å². The van der Waals surface area contributed by atoms with Gasteiger partial charge in [0.25, 0.3) is 0 Å². The molecule has 1 aromatic heterocycles. The molecule has 21 heavy (non-hydrogen) atoms. The summed E-state index contributed by atoms with van der Waals surface area (Å²) in [6.45, 7) is 4.91. The average Bonchev–Trinajstić information content (AvgIpc) is 2.92. The predicted molar refractivity (Wildman–Crippen MR) is 80.0 cm³/mol. The fourth-order valence-corrected chi connectivity index (χ4v) is 2.92. The van der Waals surface area contributed by atoms with Crippen LogP contribution in [0.3, 0.4) is 0 Å². The number of benzene rings is 1. The van der Waals surface area contributed by atoms with Crippen LogP contribution in [0.5, 0.6) is 5.75 Å². The second kappa shape index (κ2) is 5.87. The fourth-order valence-electron chi connectivity index (χ4n) is 2.92. The third-order valence-corrected chi connectivity index (χ3v) is 3.92. The normalized spacial score (nSPS) is 18.5. The molecule has 2 aromatic rings. The molecule has 0 saturated carbocycles. The number of fused-ring (bicyclic) bond motifs is 1. The van der Waals surface area contributed by atoms with Crippen molar-refractivity contribution < 1.29 is 9.84 Å². The zero-order valence-corrected chi connectivity index (χ0v) is 12.5. The van der Waals surface area contributed by atoms with Crippen LogP contribution in [0.15, 0.2) is 30.3 Å². The molecule has 1 atom stereocenters. The van der Waals surface area contributed by atoms with Crippen molar-refractivity contribution in [1.29, 1.82) is 0 Å². The van der Waals surface area contributed by atoms with E-state index in [-0.39, 0.29) is 6.61 Å². The highest BCUT2D eigenvalue weighted by atomic mass is 16.5. The van der Waals surface area contributed by atoms with Crippen molar-refractivity contribution in [1.82, 2.24) is 14.7 Å². The van der Waals surface area contributed by atoms with Crippen molar-refractivity contribution >= 4 is 0 Å². The molecule has 0 aliphatic carbocycles. The van der Waals surface area contributed by atoms with Gasteiger partial charge in [-0.1, -0.05) is 12.1 Å². The van der Waals surface area contributed by atoms with E-state index >= 15 is 0 Å². The maximum atomic E-state index is 9.22. The largest absolute Gasteiger partial charge is 0.497 e. The first-order chi connectivity index (χ1) is 10.2. The minimum absolute atomic E-state index is 0.00516. The quantitative estimate of drug-likeness (QED) is 0.934. The number of aromatic nitrogens is 2. The Labute approximate surface area is 124 Å². The van der Waals surface area contributed by atoms with Gasteiger partial charge in [0.15, 0.2) is 0 Å². The van der Waals surface area contributed by atoms with Gasteiger partial charge in [-0.15, -0.1) is 0 Å². The van der Waals surface area contributed by atoms with Crippen molar-refractivity contribution in [3.8, 4) is 5.75 Å². The highest BCUT2D eigenvalue weighted by Gasteiger charge is 2.23. The summed E-state index contributed by atoms with van der Waals surface area (Å²) in [4.78, 5) is 2.41. The Bertz CT molecular complexity index is 606. The molecule has 1 N–H and O–H groups in total. The van der Waals surface area contributed by atoms with Gasteiger partial charge in [-0.2, -0.15) is 5.10 Å². The molecule has 0 fully saturated rings. The summed E-state index contributed by atoms with van der Waals surface area (Å²) in [6.07, 6.45) is 0. The highest BCUT2D eigenvalue weighted by molar-refractivity contribution is 5.27. The molecular formula is C16H21N3O2. The minimum atomic E-state index is 0.00516.